The van der Waals surface area contributed by atoms with Crippen LogP contribution in [0.15, 0.2) is 10.5 Å². The highest BCUT2D eigenvalue weighted by molar-refractivity contribution is 9.10. The van der Waals surface area contributed by atoms with E-state index in [1.165, 1.54) is 30.2 Å². The highest BCUT2D eigenvalue weighted by atomic mass is 79.9. The van der Waals surface area contributed by atoms with Crippen molar-refractivity contribution in [3.8, 4) is 0 Å². The van der Waals surface area contributed by atoms with Gasteiger partial charge in [0, 0.05) is 21.9 Å². The summed E-state index contributed by atoms with van der Waals surface area (Å²) in [7, 11) is 0. The van der Waals surface area contributed by atoms with Crippen molar-refractivity contribution in [2.75, 3.05) is 5.73 Å². The Balaban J connectivity index is 2.67. The molecule has 1 unspecified atom stereocenters. The fraction of sp³-hybridized carbons (Fsp3) is 0.417. The Labute approximate surface area is 98.5 Å². The quantitative estimate of drug-likeness (QED) is 0.594. The fourth-order valence-corrected chi connectivity index (χ4v) is 3.37. The van der Waals surface area contributed by atoms with Crippen molar-refractivity contribution in [3.05, 3.63) is 27.2 Å². The van der Waals surface area contributed by atoms with Crippen LogP contribution >= 0.6 is 15.9 Å². The second-order valence-electron chi connectivity index (χ2n) is 4.20. The predicted octanol–water partition coefficient (Wildman–Crippen LogP) is 3.47. The van der Waals surface area contributed by atoms with E-state index in [-0.39, 0.29) is 0 Å². The van der Waals surface area contributed by atoms with E-state index in [1.807, 2.05) is 6.07 Å². The molecular formula is C12H15BrN2. The molecule has 0 saturated heterocycles. The number of halogens is 1. The SMILES string of the molecule is CC1CCCc2cc(N)c(C=N)c(Br)c21. The summed E-state index contributed by atoms with van der Waals surface area (Å²) in [4.78, 5) is 0. The molecule has 3 heteroatoms. The number of fused-ring (bicyclic) bond motifs is 1. The lowest BCUT2D eigenvalue weighted by Gasteiger charge is -2.25. The molecule has 0 radical (unpaired) electrons. The summed E-state index contributed by atoms with van der Waals surface area (Å²) < 4.78 is 1.03. The number of aryl methyl sites for hydroxylation is 1. The van der Waals surface area contributed by atoms with Crippen molar-refractivity contribution in [3.63, 3.8) is 0 Å². The zero-order valence-electron chi connectivity index (χ0n) is 8.81. The van der Waals surface area contributed by atoms with E-state index in [0.717, 1.165) is 16.5 Å². The van der Waals surface area contributed by atoms with E-state index in [0.29, 0.717) is 11.6 Å². The van der Waals surface area contributed by atoms with Gasteiger partial charge in [-0.2, -0.15) is 0 Å². The van der Waals surface area contributed by atoms with Gasteiger partial charge in [-0.15, -0.1) is 0 Å². The van der Waals surface area contributed by atoms with E-state index in [4.69, 9.17) is 11.1 Å². The normalized spacial score (nSPS) is 19.7. The van der Waals surface area contributed by atoms with Gasteiger partial charge >= 0.3 is 0 Å². The summed E-state index contributed by atoms with van der Waals surface area (Å²) in [5, 5.41) is 7.37. The van der Waals surface area contributed by atoms with Crippen LogP contribution in [-0.4, -0.2) is 6.21 Å². The number of rotatable bonds is 1. The summed E-state index contributed by atoms with van der Waals surface area (Å²) in [6.07, 6.45) is 4.92. The maximum absolute atomic E-state index is 7.37. The van der Waals surface area contributed by atoms with Crippen LogP contribution in [0.25, 0.3) is 0 Å². The van der Waals surface area contributed by atoms with E-state index in [9.17, 15) is 0 Å². The number of nitrogens with one attached hydrogen (secondary N) is 1. The van der Waals surface area contributed by atoms with Gasteiger partial charge in [-0.3, -0.25) is 0 Å². The van der Waals surface area contributed by atoms with Crippen LogP contribution in [-0.2, 0) is 6.42 Å². The Morgan fingerprint density at radius 1 is 1.60 bits per heavy atom. The van der Waals surface area contributed by atoms with E-state index >= 15 is 0 Å². The second kappa shape index (κ2) is 3.97. The van der Waals surface area contributed by atoms with Gasteiger partial charge in [0.15, 0.2) is 0 Å². The third-order valence-corrected chi connectivity index (χ3v) is 4.03. The molecular weight excluding hydrogens is 252 g/mol. The molecule has 0 spiro atoms. The molecule has 0 aromatic heterocycles. The third kappa shape index (κ3) is 1.69. The average Bonchev–Trinajstić information content (AvgIpc) is 2.17. The smallest absolute Gasteiger partial charge is 0.0417 e. The van der Waals surface area contributed by atoms with Crippen LogP contribution < -0.4 is 5.73 Å². The molecule has 2 nitrogen and oxygen atoms in total. The zero-order chi connectivity index (χ0) is 11.0. The average molecular weight is 267 g/mol. The Morgan fingerprint density at radius 2 is 2.33 bits per heavy atom. The van der Waals surface area contributed by atoms with Crippen molar-refractivity contribution in [2.24, 2.45) is 0 Å². The van der Waals surface area contributed by atoms with Gasteiger partial charge in [-0.25, -0.2) is 0 Å². The van der Waals surface area contributed by atoms with Crippen LogP contribution in [0.5, 0.6) is 0 Å². The lowest BCUT2D eigenvalue weighted by atomic mass is 9.82. The molecule has 15 heavy (non-hydrogen) atoms. The van der Waals surface area contributed by atoms with Crippen LogP contribution in [0.2, 0.25) is 0 Å². The van der Waals surface area contributed by atoms with Crippen molar-refractivity contribution in [1.82, 2.24) is 0 Å². The number of nitrogen functional groups attached to an aromatic ring is 1. The standard InChI is InChI=1S/C12H15BrN2/c1-7-3-2-4-8-5-10(15)9(6-14)12(13)11(7)8/h5-7,14H,2-4,15H2,1H3. The molecule has 0 bridgehead atoms. The first-order valence-electron chi connectivity index (χ1n) is 5.26. The van der Waals surface area contributed by atoms with Gasteiger partial charge in [0.05, 0.1) is 0 Å². The summed E-state index contributed by atoms with van der Waals surface area (Å²) in [6, 6.07) is 2.04. The van der Waals surface area contributed by atoms with Crippen LogP contribution in [0.1, 0.15) is 42.4 Å². The van der Waals surface area contributed by atoms with Gasteiger partial charge in [0.25, 0.3) is 0 Å². The molecule has 80 valence electrons. The molecule has 3 N–H and O–H groups in total. The Kier molecular flexibility index (Phi) is 2.83. The van der Waals surface area contributed by atoms with Crippen LogP contribution in [0.3, 0.4) is 0 Å². The zero-order valence-corrected chi connectivity index (χ0v) is 10.4. The molecule has 0 saturated carbocycles. The van der Waals surface area contributed by atoms with E-state index < -0.39 is 0 Å². The first-order chi connectivity index (χ1) is 7.15. The van der Waals surface area contributed by atoms with Crippen molar-refractivity contribution < 1.29 is 0 Å². The maximum atomic E-state index is 7.37. The minimum atomic E-state index is 0.572. The molecule has 1 aromatic carbocycles. The fourth-order valence-electron chi connectivity index (χ4n) is 2.39. The number of anilines is 1. The summed E-state index contributed by atoms with van der Waals surface area (Å²) >= 11 is 3.59. The summed E-state index contributed by atoms with van der Waals surface area (Å²) in [5.74, 6) is 0.572. The first-order valence-corrected chi connectivity index (χ1v) is 6.05. The van der Waals surface area contributed by atoms with Crippen molar-refractivity contribution in [2.45, 2.75) is 32.1 Å². The largest absolute Gasteiger partial charge is 0.398 e. The molecule has 0 aliphatic heterocycles. The first kappa shape index (κ1) is 10.7. The van der Waals surface area contributed by atoms with E-state index in [2.05, 4.69) is 22.9 Å². The highest BCUT2D eigenvalue weighted by Gasteiger charge is 2.21. The molecule has 2 rings (SSSR count). The third-order valence-electron chi connectivity index (χ3n) is 3.18. The molecule has 1 atom stereocenters. The summed E-state index contributed by atoms with van der Waals surface area (Å²) in [5.41, 5.74) is 10.2. The monoisotopic (exact) mass is 266 g/mol. The summed E-state index contributed by atoms with van der Waals surface area (Å²) in [6.45, 7) is 2.24. The Hall–Kier alpha value is -0.830. The van der Waals surface area contributed by atoms with Crippen molar-refractivity contribution in [1.29, 1.82) is 5.41 Å². The highest BCUT2D eigenvalue weighted by Crippen LogP contribution is 2.39. The maximum Gasteiger partial charge on any atom is 0.0417 e. The lowest BCUT2D eigenvalue weighted by Crippen LogP contribution is -2.11. The van der Waals surface area contributed by atoms with Crippen molar-refractivity contribution >= 4 is 27.8 Å². The number of hydrogen-bond acceptors (Lipinski definition) is 2. The van der Waals surface area contributed by atoms with Crippen LogP contribution in [0, 0.1) is 5.41 Å². The molecule has 1 aliphatic rings. The number of hydrogen-bond donors (Lipinski definition) is 2. The predicted molar refractivity (Wildman–Crippen MR) is 67.8 cm³/mol. The van der Waals surface area contributed by atoms with Gasteiger partial charge in [0.2, 0.25) is 0 Å². The minimum absolute atomic E-state index is 0.572. The molecule has 1 aromatic rings. The Morgan fingerprint density at radius 3 is 3.00 bits per heavy atom. The lowest BCUT2D eigenvalue weighted by molar-refractivity contribution is 0.588. The minimum Gasteiger partial charge on any atom is -0.398 e. The topological polar surface area (TPSA) is 49.9 Å². The van der Waals surface area contributed by atoms with Gasteiger partial charge in [0.1, 0.15) is 0 Å². The number of benzene rings is 1. The van der Waals surface area contributed by atoms with Crippen LogP contribution in [0.4, 0.5) is 5.69 Å². The van der Waals surface area contributed by atoms with Gasteiger partial charge in [-0.1, -0.05) is 6.92 Å². The molecule has 0 amide bonds. The second-order valence-corrected chi connectivity index (χ2v) is 5.00. The van der Waals surface area contributed by atoms with Gasteiger partial charge in [-0.05, 0) is 58.3 Å². The number of nitrogens with two attached hydrogens (primary N) is 1. The van der Waals surface area contributed by atoms with E-state index in [1.54, 1.807) is 0 Å². The molecule has 0 fully saturated rings. The van der Waals surface area contributed by atoms with Gasteiger partial charge < -0.3 is 11.1 Å². The molecule has 1 aliphatic carbocycles. The molecule has 0 heterocycles. The Bertz CT molecular complexity index is 413.